The van der Waals surface area contributed by atoms with E-state index in [-0.39, 0.29) is 23.9 Å². The number of benzene rings is 1. The molecule has 0 unspecified atom stereocenters. The van der Waals surface area contributed by atoms with Crippen molar-refractivity contribution in [2.75, 3.05) is 13.1 Å². The van der Waals surface area contributed by atoms with Gasteiger partial charge in [-0.3, -0.25) is 19.7 Å². The SMILES string of the molecule is CCC(=O)CN1CCc2ccc([N+](=O)[O-])cc2C1=O. The first kappa shape index (κ1) is 13.2. The number of Topliss-reactive ketones (excluding diaryl/α,β-unsaturated/α-hetero) is 1. The van der Waals surface area contributed by atoms with Gasteiger partial charge < -0.3 is 4.90 Å². The summed E-state index contributed by atoms with van der Waals surface area (Å²) in [6.07, 6.45) is 1.00. The number of hydrogen-bond acceptors (Lipinski definition) is 4. The largest absolute Gasteiger partial charge is 0.331 e. The maximum absolute atomic E-state index is 12.2. The van der Waals surface area contributed by atoms with Crippen molar-refractivity contribution in [3.8, 4) is 0 Å². The smallest absolute Gasteiger partial charge is 0.270 e. The molecule has 6 heteroatoms. The minimum Gasteiger partial charge on any atom is -0.331 e. The van der Waals surface area contributed by atoms with Gasteiger partial charge in [-0.1, -0.05) is 13.0 Å². The zero-order valence-electron chi connectivity index (χ0n) is 10.6. The summed E-state index contributed by atoms with van der Waals surface area (Å²) < 4.78 is 0. The number of nitrogens with zero attached hydrogens (tertiary/aromatic N) is 2. The minimum absolute atomic E-state index is 0.0118. The van der Waals surface area contributed by atoms with E-state index in [1.165, 1.54) is 17.0 Å². The van der Waals surface area contributed by atoms with Crippen molar-refractivity contribution in [2.24, 2.45) is 0 Å². The molecule has 0 fully saturated rings. The third-order valence-electron chi connectivity index (χ3n) is 3.23. The van der Waals surface area contributed by atoms with Crippen LogP contribution in [0.1, 0.15) is 29.3 Å². The molecule has 1 aromatic carbocycles. The molecule has 0 N–H and O–H groups in total. The van der Waals surface area contributed by atoms with Crippen molar-refractivity contribution in [1.82, 2.24) is 4.90 Å². The molecule has 0 spiro atoms. The number of nitro benzene ring substituents is 1. The van der Waals surface area contributed by atoms with Crippen LogP contribution in [0.3, 0.4) is 0 Å². The second-order valence-electron chi connectivity index (χ2n) is 4.47. The first-order valence-electron chi connectivity index (χ1n) is 6.11. The molecule has 0 atom stereocenters. The molecule has 1 amide bonds. The van der Waals surface area contributed by atoms with Gasteiger partial charge in [0.25, 0.3) is 11.6 Å². The summed E-state index contributed by atoms with van der Waals surface area (Å²) in [5.74, 6) is -0.311. The molecule has 1 aliphatic rings. The van der Waals surface area contributed by atoms with E-state index in [9.17, 15) is 19.7 Å². The van der Waals surface area contributed by atoms with Gasteiger partial charge in [0.05, 0.1) is 11.5 Å². The monoisotopic (exact) mass is 262 g/mol. The molecule has 1 aliphatic heterocycles. The number of fused-ring (bicyclic) bond motifs is 1. The second-order valence-corrected chi connectivity index (χ2v) is 4.47. The average molecular weight is 262 g/mol. The van der Waals surface area contributed by atoms with Crippen LogP contribution in [0.4, 0.5) is 5.69 Å². The highest BCUT2D eigenvalue weighted by Gasteiger charge is 2.27. The zero-order valence-corrected chi connectivity index (χ0v) is 10.6. The Hall–Kier alpha value is -2.24. The highest BCUT2D eigenvalue weighted by Crippen LogP contribution is 2.23. The van der Waals surface area contributed by atoms with Gasteiger partial charge in [-0.05, 0) is 12.0 Å². The number of nitro groups is 1. The fourth-order valence-corrected chi connectivity index (χ4v) is 2.10. The van der Waals surface area contributed by atoms with Crippen LogP contribution in [0.2, 0.25) is 0 Å². The van der Waals surface area contributed by atoms with Gasteiger partial charge in [0, 0.05) is 30.7 Å². The number of hydrogen-bond donors (Lipinski definition) is 0. The number of amides is 1. The van der Waals surface area contributed by atoms with Gasteiger partial charge in [0.1, 0.15) is 0 Å². The molecule has 100 valence electrons. The maximum atomic E-state index is 12.2. The van der Waals surface area contributed by atoms with Crippen LogP contribution >= 0.6 is 0 Å². The number of carbonyl (C=O) groups excluding carboxylic acids is 2. The predicted octanol–water partition coefficient (Wildman–Crippen LogP) is 1.57. The van der Waals surface area contributed by atoms with E-state index in [4.69, 9.17) is 0 Å². The molecule has 1 heterocycles. The number of rotatable bonds is 4. The van der Waals surface area contributed by atoms with Crippen LogP contribution in [0.25, 0.3) is 0 Å². The van der Waals surface area contributed by atoms with E-state index in [2.05, 4.69) is 0 Å². The molecule has 0 aliphatic carbocycles. The minimum atomic E-state index is -0.524. The van der Waals surface area contributed by atoms with Crippen LogP contribution in [-0.4, -0.2) is 34.6 Å². The summed E-state index contributed by atoms with van der Waals surface area (Å²) in [4.78, 5) is 35.3. The Bertz CT molecular complexity index is 554. The summed E-state index contributed by atoms with van der Waals surface area (Å²) in [5, 5.41) is 10.7. The van der Waals surface area contributed by atoms with Gasteiger partial charge >= 0.3 is 0 Å². The number of non-ortho nitro benzene ring substituents is 1. The first-order valence-corrected chi connectivity index (χ1v) is 6.11. The first-order chi connectivity index (χ1) is 9.02. The Kier molecular flexibility index (Phi) is 3.59. The summed E-state index contributed by atoms with van der Waals surface area (Å²) in [5.41, 5.74) is 1.04. The van der Waals surface area contributed by atoms with Crippen molar-refractivity contribution < 1.29 is 14.5 Å². The van der Waals surface area contributed by atoms with E-state index in [0.717, 1.165) is 5.56 Å². The molecule has 19 heavy (non-hydrogen) atoms. The lowest BCUT2D eigenvalue weighted by Crippen LogP contribution is -2.40. The van der Waals surface area contributed by atoms with E-state index in [1.807, 2.05) is 0 Å². The molecule has 0 radical (unpaired) electrons. The molecule has 1 aromatic rings. The van der Waals surface area contributed by atoms with Gasteiger partial charge in [-0.15, -0.1) is 0 Å². The molecule has 0 aromatic heterocycles. The van der Waals surface area contributed by atoms with Crippen molar-refractivity contribution in [3.63, 3.8) is 0 Å². The van der Waals surface area contributed by atoms with Gasteiger partial charge in [0.15, 0.2) is 5.78 Å². The van der Waals surface area contributed by atoms with Crippen LogP contribution in [-0.2, 0) is 11.2 Å². The van der Waals surface area contributed by atoms with Crippen LogP contribution in [0.15, 0.2) is 18.2 Å². The third-order valence-corrected chi connectivity index (χ3v) is 3.23. The van der Waals surface area contributed by atoms with Crippen molar-refractivity contribution in [1.29, 1.82) is 0 Å². The second kappa shape index (κ2) is 5.17. The van der Waals surface area contributed by atoms with Crippen LogP contribution in [0.5, 0.6) is 0 Å². The normalized spacial score (nSPS) is 14.2. The molecule has 2 rings (SSSR count). The zero-order chi connectivity index (χ0) is 14.0. The Balaban J connectivity index is 2.28. The lowest BCUT2D eigenvalue weighted by molar-refractivity contribution is -0.384. The van der Waals surface area contributed by atoms with Crippen LogP contribution < -0.4 is 0 Å². The van der Waals surface area contributed by atoms with Gasteiger partial charge in [-0.2, -0.15) is 0 Å². The quantitative estimate of drug-likeness (QED) is 0.609. The Labute approximate surface area is 110 Å². The van der Waals surface area contributed by atoms with Gasteiger partial charge in [0.2, 0.25) is 0 Å². The van der Waals surface area contributed by atoms with Crippen molar-refractivity contribution in [2.45, 2.75) is 19.8 Å². The summed E-state index contributed by atoms with van der Waals surface area (Å²) in [6.45, 7) is 2.31. The van der Waals surface area contributed by atoms with E-state index >= 15 is 0 Å². The fraction of sp³-hybridized carbons (Fsp3) is 0.385. The molecule has 0 saturated carbocycles. The topological polar surface area (TPSA) is 80.5 Å². The van der Waals surface area contributed by atoms with E-state index in [1.54, 1.807) is 13.0 Å². The fourth-order valence-electron chi connectivity index (χ4n) is 2.10. The Morgan fingerprint density at radius 1 is 1.47 bits per heavy atom. The molecule has 0 saturated heterocycles. The average Bonchev–Trinajstić information content (AvgIpc) is 2.41. The number of ketones is 1. The highest BCUT2D eigenvalue weighted by atomic mass is 16.6. The molecule has 0 bridgehead atoms. The standard InChI is InChI=1S/C13H14N2O4/c1-2-11(16)8-14-6-5-9-3-4-10(15(18)19)7-12(9)13(14)17/h3-4,7H,2,5-6,8H2,1H3. The molecule has 6 nitrogen and oxygen atoms in total. The van der Waals surface area contributed by atoms with Crippen molar-refractivity contribution in [3.05, 3.63) is 39.4 Å². The van der Waals surface area contributed by atoms with E-state index in [0.29, 0.717) is 24.9 Å². The van der Waals surface area contributed by atoms with Gasteiger partial charge in [-0.25, -0.2) is 0 Å². The molecular formula is C13H14N2O4. The third kappa shape index (κ3) is 2.62. The summed E-state index contributed by atoms with van der Waals surface area (Å²) in [7, 11) is 0. The summed E-state index contributed by atoms with van der Waals surface area (Å²) in [6, 6.07) is 4.31. The number of carbonyl (C=O) groups is 2. The Morgan fingerprint density at radius 3 is 2.84 bits per heavy atom. The predicted molar refractivity (Wildman–Crippen MR) is 68.0 cm³/mol. The lowest BCUT2D eigenvalue weighted by atomic mass is 9.98. The Morgan fingerprint density at radius 2 is 2.21 bits per heavy atom. The lowest BCUT2D eigenvalue weighted by Gasteiger charge is -2.27. The summed E-state index contributed by atoms with van der Waals surface area (Å²) >= 11 is 0. The van der Waals surface area contributed by atoms with Crippen molar-refractivity contribution >= 4 is 17.4 Å². The maximum Gasteiger partial charge on any atom is 0.270 e. The highest BCUT2D eigenvalue weighted by molar-refractivity contribution is 5.99. The van der Waals surface area contributed by atoms with Crippen LogP contribution in [0, 0.1) is 10.1 Å². The van der Waals surface area contributed by atoms with E-state index < -0.39 is 4.92 Å². The molecular weight excluding hydrogens is 248 g/mol.